The molecule has 0 saturated heterocycles. The van der Waals surface area contributed by atoms with Gasteiger partial charge in [0.05, 0.1) is 19.8 Å². The largest absolute Gasteiger partial charge is 0.491 e. The standard InChI is InChI=1S/C10H14O2.C6H14O2.C4H10O2/c1-9-3-5-10(6-4-9)12-8-7-11-2;1-7-5-3-4-6-8-2;1-5-3-4-6-2/h3-6H,7-8H2,1-2H3;3-6H2,1-2H3;3-4H2,1-2H3. The van der Waals surface area contributed by atoms with Gasteiger partial charge in [-0.2, -0.15) is 0 Å². The summed E-state index contributed by atoms with van der Waals surface area (Å²) < 4.78 is 29.2. The highest BCUT2D eigenvalue weighted by Crippen LogP contribution is 2.10. The van der Waals surface area contributed by atoms with E-state index in [1.54, 1.807) is 35.5 Å². The monoisotopic (exact) mass is 374 g/mol. The van der Waals surface area contributed by atoms with E-state index in [4.69, 9.17) is 18.9 Å². The lowest BCUT2D eigenvalue weighted by molar-refractivity contribution is 0.103. The van der Waals surface area contributed by atoms with Crippen LogP contribution in [-0.4, -0.2) is 75.2 Å². The molecule has 1 aromatic carbocycles. The number of unbranched alkanes of at least 4 members (excludes halogenated alkanes) is 1. The molecule has 0 aliphatic rings. The lowest BCUT2D eigenvalue weighted by Gasteiger charge is -2.04. The van der Waals surface area contributed by atoms with Crippen LogP contribution >= 0.6 is 0 Å². The summed E-state index contributed by atoms with van der Waals surface area (Å²) in [5.74, 6) is 0.901. The SMILES string of the molecule is COCCCCOC.COCCOC.COCCOc1ccc(C)cc1. The van der Waals surface area contributed by atoms with Crippen LogP contribution in [-0.2, 0) is 23.7 Å². The molecule has 0 aromatic heterocycles. The molecule has 0 atom stereocenters. The second-order valence-corrected chi connectivity index (χ2v) is 5.33. The van der Waals surface area contributed by atoms with Gasteiger partial charge in [-0.05, 0) is 31.9 Å². The summed E-state index contributed by atoms with van der Waals surface area (Å²) in [5.41, 5.74) is 1.24. The van der Waals surface area contributed by atoms with Gasteiger partial charge in [0.1, 0.15) is 12.4 Å². The quantitative estimate of drug-likeness (QED) is 0.523. The Balaban J connectivity index is 0. The van der Waals surface area contributed by atoms with Gasteiger partial charge in [-0.1, -0.05) is 17.7 Å². The summed E-state index contributed by atoms with van der Waals surface area (Å²) in [6, 6.07) is 7.99. The first-order chi connectivity index (χ1) is 12.7. The normalized spacial score (nSPS) is 9.62. The van der Waals surface area contributed by atoms with Gasteiger partial charge in [0.15, 0.2) is 0 Å². The van der Waals surface area contributed by atoms with Crippen molar-refractivity contribution in [2.24, 2.45) is 0 Å². The van der Waals surface area contributed by atoms with E-state index >= 15 is 0 Å². The van der Waals surface area contributed by atoms with E-state index in [2.05, 4.69) is 16.4 Å². The van der Waals surface area contributed by atoms with Crippen LogP contribution in [0.15, 0.2) is 24.3 Å². The van der Waals surface area contributed by atoms with Crippen molar-refractivity contribution >= 4 is 0 Å². The molecule has 1 aromatic rings. The van der Waals surface area contributed by atoms with Gasteiger partial charge < -0.3 is 28.4 Å². The number of hydrogen-bond donors (Lipinski definition) is 0. The molecule has 0 aliphatic carbocycles. The Kier molecular flexibility index (Phi) is 24.8. The van der Waals surface area contributed by atoms with Crippen LogP contribution < -0.4 is 4.74 Å². The Morgan fingerprint density at radius 1 is 0.538 bits per heavy atom. The average molecular weight is 375 g/mol. The predicted octanol–water partition coefficient (Wildman–Crippen LogP) is 3.36. The molecule has 0 amide bonds. The number of methoxy groups -OCH3 is 5. The smallest absolute Gasteiger partial charge is 0.119 e. The molecule has 6 nitrogen and oxygen atoms in total. The lowest BCUT2D eigenvalue weighted by Crippen LogP contribution is -2.03. The van der Waals surface area contributed by atoms with Gasteiger partial charge in [0, 0.05) is 48.8 Å². The molecular weight excluding hydrogens is 336 g/mol. The summed E-state index contributed by atoms with van der Waals surface area (Å²) >= 11 is 0. The first kappa shape index (κ1) is 27.0. The van der Waals surface area contributed by atoms with Crippen molar-refractivity contribution in [3.63, 3.8) is 0 Å². The number of benzene rings is 1. The molecule has 0 aliphatic heterocycles. The highest BCUT2D eigenvalue weighted by Gasteiger charge is 1.91. The summed E-state index contributed by atoms with van der Waals surface area (Å²) in [4.78, 5) is 0. The fourth-order valence-corrected chi connectivity index (χ4v) is 1.54. The maximum atomic E-state index is 5.38. The summed E-state index contributed by atoms with van der Waals surface area (Å²) in [5, 5.41) is 0. The van der Waals surface area contributed by atoms with E-state index in [-0.39, 0.29) is 0 Å². The van der Waals surface area contributed by atoms with Crippen LogP contribution in [0.1, 0.15) is 18.4 Å². The zero-order chi connectivity index (χ0) is 19.9. The molecule has 26 heavy (non-hydrogen) atoms. The highest BCUT2D eigenvalue weighted by molar-refractivity contribution is 5.26. The molecule has 0 bridgehead atoms. The van der Waals surface area contributed by atoms with E-state index < -0.39 is 0 Å². The second-order valence-electron chi connectivity index (χ2n) is 5.33. The van der Waals surface area contributed by atoms with Gasteiger partial charge >= 0.3 is 0 Å². The zero-order valence-corrected chi connectivity index (χ0v) is 17.4. The Hall–Kier alpha value is -1.18. The fraction of sp³-hybridized carbons (Fsp3) is 0.700. The third-order valence-electron chi connectivity index (χ3n) is 3.02. The first-order valence-electron chi connectivity index (χ1n) is 8.80. The minimum absolute atomic E-state index is 0.611. The van der Waals surface area contributed by atoms with Crippen molar-refractivity contribution in [3.8, 4) is 5.75 Å². The molecule has 0 radical (unpaired) electrons. The predicted molar refractivity (Wildman–Crippen MR) is 105 cm³/mol. The highest BCUT2D eigenvalue weighted by atomic mass is 16.5. The number of rotatable bonds is 12. The van der Waals surface area contributed by atoms with E-state index in [0.717, 1.165) is 31.8 Å². The van der Waals surface area contributed by atoms with Gasteiger partial charge in [-0.3, -0.25) is 0 Å². The summed E-state index contributed by atoms with van der Waals surface area (Å²) in [7, 11) is 8.40. The molecule has 1 rings (SSSR count). The summed E-state index contributed by atoms with van der Waals surface area (Å²) in [6.07, 6.45) is 2.20. The van der Waals surface area contributed by atoms with Crippen LogP contribution in [0.2, 0.25) is 0 Å². The van der Waals surface area contributed by atoms with Crippen LogP contribution in [0.25, 0.3) is 0 Å². The van der Waals surface area contributed by atoms with E-state index in [1.165, 1.54) is 5.56 Å². The van der Waals surface area contributed by atoms with Crippen LogP contribution in [0.4, 0.5) is 0 Å². The van der Waals surface area contributed by atoms with E-state index in [1.807, 2.05) is 24.3 Å². The van der Waals surface area contributed by atoms with Crippen molar-refractivity contribution < 1.29 is 28.4 Å². The molecular formula is C20H38O6. The maximum Gasteiger partial charge on any atom is 0.119 e. The van der Waals surface area contributed by atoms with Crippen molar-refractivity contribution in [2.45, 2.75) is 19.8 Å². The van der Waals surface area contributed by atoms with Crippen LogP contribution in [0.5, 0.6) is 5.75 Å². The molecule has 154 valence electrons. The third kappa shape index (κ3) is 22.8. The Morgan fingerprint density at radius 2 is 0.923 bits per heavy atom. The Morgan fingerprint density at radius 3 is 1.31 bits per heavy atom. The van der Waals surface area contributed by atoms with Crippen molar-refractivity contribution in [2.75, 3.05) is 75.2 Å². The zero-order valence-electron chi connectivity index (χ0n) is 17.4. The van der Waals surface area contributed by atoms with Crippen LogP contribution in [0.3, 0.4) is 0 Å². The van der Waals surface area contributed by atoms with Gasteiger partial charge in [0.25, 0.3) is 0 Å². The second kappa shape index (κ2) is 23.8. The minimum atomic E-state index is 0.611. The molecule has 0 fully saturated rings. The summed E-state index contributed by atoms with van der Waals surface area (Å²) in [6.45, 7) is 6.38. The van der Waals surface area contributed by atoms with Gasteiger partial charge in [0.2, 0.25) is 0 Å². The maximum absolute atomic E-state index is 5.38. The Labute approximate surface area is 159 Å². The lowest BCUT2D eigenvalue weighted by atomic mass is 10.2. The average Bonchev–Trinajstić information content (AvgIpc) is 2.66. The van der Waals surface area contributed by atoms with Crippen LogP contribution in [0, 0.1) is 6.92 Å². The molecule has 0 heterocycles. The molecule has 0 N–H and O–H groups in total. The third-order valence-corrected chi connectivity index (χ3v) is 3.02. The topological polar surface area (TPSA) is 55.4 Å². The number of aryl methyl sites for hydroxylation is 1. The van der Waals surface area contributed by atoms with Crippen molar-refractivity contribution in [1.29, 1.82) is 0 Å². The van der Waals surface area contributed by atoms with Gasteiger partial charge in [-0.15, -0.1) is 0 Å². The van der Waals surface area contributed by atoms with Crippen molar-refractivity contribution in [3.05, 3.63) is 29.8 Å². The number of ether oxygens (including phenoxy) is 6. The molecule has 6 heteroatoms. The van der Waals surface area contributed by atoms with E-state index in [9.17, 15) is 0 Å². The fourth-order valence-electron chi connectivity index (χ4n) is 1.54. The molecule has 0 saturated carbocycles. The molecule has 0 unspecified atom stereocenters. The number of hydrogen-bond acceptors (Lipinski definition) is 6. The molecule has 0 spiro atoms. The first-order valence-corrected chi connectivity index (χ1v) is 8.80. The Bertz CT molecular complexity index is 346. The van der Waals surface area contributed by atoms with Crippen molar-refractivity contribution in [1.82, 2.24) is 0 Å². The minimum Gasteiger partial charge on any atom is -0.491 e. The van der Waals surface area contributed by atoms with E-state index in [0.29, 0.717) is 26.4 Å². The van der Waals surface area contributed by atoms with Gasteiger partial charge in [-0.25, -0.2) is 0 Å².